The van der Waals surface area contributed by atoms with Gasteiger partial charge in [-0.25, -0.2) is 4.98 Å². The average Bonchev–Trinajstić information content (AvgIpc) is 3.00. The van der Waals surface area contributed by atoms with Crippen LogP contribution in [0.5, 0.6) is 5.75 Å². The topological polar surface area (TPSA) is 90.2 Å². The summed E-state index contributed by atoms with van der Waals surface area (Å²) in [4.78, 5) is 42.1. The second-order valence-corrected chi connectivity index (χ2v) is 9.83. The molecule has 5 aromatic rings. The lowest BCUT2D eigenvalue weighted by Crippen LogP contribution is -2.38. The lowest BCUT2D eigenvalue weighted by molar-refractivity contribution is -0.137. The van der Waals surface area contributed by atoms with Gasteiger partial charge in [-0.1, -0.05) is 18.2 Å². The fraction of sp³-hybridized carbons (Fsp3) is 0.219. The fourth-order valence-electron chi connectivity index (χ4n) is 4.76. The number of ether oxygens (including phenoxy) is 1. The number of fused-ring (bicyclic) bond motifs is 1. The van der Waals surface area contributed by atoms with Crippen molar-refractivity contribution in [3.63, 3.8) is 0 Å². The van der Waals surface area contributed by atoms with Crippen LogP contribution in [0.4, 0.5) is 13.2 Å². The Hall–Kier alpha value is -5.06. The van der Waals surface area contributed by atoms with Gasteiger partial charge in [0.1, 0.15) is 11.6 Å². The smallest absolute Gasteiger partial charge is 0.417 e. The Morgan fingerprint density at radius 3 is 2.42 bits per heavy atom. The Morgan fingerprint density at radius 2 is 1.77 bits per heavy atom. The van der Waals surface area contributed by atoms with Gasteiger partial charge in [0.2, 0.25) is 5.91 Å². The minimum atomic E-state index is -4.54. The summed E-state index contributed by atoms with van der Waals surface area (Å²) in [5.41, 5.74) is 0.691. The third-order valence-electron chi connectivity index (χ3n) is 6.93. The number of carbonyl (C=O) groups excluding carboxylic acids is 1. The van der Waals surface area contributed by atoms with Crippen LogP contribution in [0, 0.1) is 0 Å². The summed E-state index contributed by atoms with van der Waals surface area (Å²) in [7, 11) is 0. The van der Waals surface area contributed by atoms with E-state index in [1.807, 2.05) is 13.0 Å². The first-order valence-electron chi connectivity index (χ1n) is 13.6. The molecular weight excluding hydrogens is 559 g/mol. The van der Waals surface area contributed by atoms with E-state index >= 15 is 0 Å². The molecule has 3 aromatic heterocycles. The highest BCUT2D eigenvalue weighted by molar-refractivity contribution is 5.80. The maximum absolute atomic E-state index is 13.9. The summed E-state index contributed by atoms with van der Waals surface area (Å²) in [6.45, 7) is 4.23. The summed E-state index contributed by atoms with van der Waals surface area (Å²) in [6, 6.07) is 18.9. The van der Waals surface area contributed by atoms with Crippen LogP contribution in [-0.4, -0.2) is 36.9 Å². The lowest BCUT2D eigenvalue weighted by atomic mass is 10.1. The van der Waals surface area contributed by atoms with Crippen molar-refractivity contribution in [1.82, 2.24) is 24.4 Å². The number of alkyl halides is 3. The van der Waals surface area contributed by atoms with Gasteiger partial charge in [-0.3, -0.25) is 24.1 Å². The second-order valence-electron chi connectivity index (χ2n) is 9.83. The van der Waals surface area contributed by atoms with Crippen molar-refractivity contribution in [3.05, 3.63) is 124 Å². The standard InChI is InChI=1S/C32H28F3N5O3/c1-3-43-26-14-12-25(13-15-26)40-30(38-28-9-5-4-8-27(28)31(40)42)21(2)39(20-22-7-6-16-36-18-22)29(41)17-24-11-10-23(19-37-24)32(33,34)35/h4-16,18-19,21H,3,17,20H2,1-2H3/t21-/m1/s1. The molecule has 1 amide bonds. The average molecular weight is 588 g/mol. The van der Waals surface area contributed by atoms with E-state index in [1.54, 1.807) is 73.9 Å². The van der Waals surface area contributed by atoms with E-state index in [9.17, 15) is 22.8 Å². The normalized spacial score (nSPS) is 12.2. The molecule has 0 aliphatic rings. The fourth-order valence-corrected chi connectivity index (χ4v) is 4.76. The van der Waals surface area contributed by atoms with Crippen molar-refractivity contribution < 1.29 is 22.7 Å². The Morgan fingerprint density at radius 1 is 1.00 bits per heavy atom. The molecule has 0 fully saturated rings. The van der Waals surface area contributed by atoms with Crippen molar-refractivity contribution in [1.29, 1.82) is 0 Å². The SMILES string of the molecule is CCOc1ccc(-n2c([C@@H](C)N(Cc3cccnc3)C(=O)Cc3ccc(C(F)(F)F)cn3)nc3ccccc3c2=O)cc1. The van der Waals surface area contributed by atoms with E-state index in [4.69, 9.17) is 9.72 Å². The maximum Gasteiger partial charge on any atom is 0.417 e. The zero-order chi connectivity index (χ0) is 30.6. The number of halogens is 3. The largest absolute Gasteiger partial charge is 0.494 e. The Bertz CT molecular complexity index is 1770. The molecule has 2 aromatic carbocycles. The number of nitrogens with zero attached hydrogens (tertiary/aromatic N) is 5. The number of hydrogen-bond donors (Lipinski definition) is 0. The molecule has 0 bridgehead atoms. The van der Waals surface area contributed by atoms with Crippen molar-refractivity contribution in [2.75, 3.05) is 6.61 Å². The van der Waals surface area contributed by atoms with Gasteiger partial charge in [0.05, 0.1) is 41.2 Å². The minimum absolute atomic E-state index is 0.112. The van der Waals surface area contributed by atoms with E-state index in [-0.39, 0.29) is 24.2 Å². The third kappa shape index (κ3) is 6.56. The number of benzene rings is 2. The molecule has 220 valence electrons. The molecule has 0 saturated heterocycles. The van der Waals surface area contributed by atoms with Crippen LogP contribution in [-0.2, 0) is 23.9 Å². The Kier molecular flexibility index (Phi) is 8.51. The lowest BCUT2D eigenvalue weighted by Gasteiger charge is -2.31. The van der Waals surface area contributed by atoms with Crippen molar-refractivity contribution >= 4 is 16.8 Å². The summed E-state index contributed by atoms with van der Waals surface area (Å²) >= 11 is 0. The number of para-hydroxylation sites is 1. The molecular formula is C32H28F3N5O3. The quantitative estimate of drug-likeness (QED) is 0.213. The third-order valence-corrected chi connectivity index (χ3v) is 6.93. The minimum Gasteiger partial charge on any atom is -0.494 e. The summed E-state index contributed by atoms with van der Waals surface area (Å²) in [6.07, 6.45) is -0.853. The van der Waals surface area contributed by atoms with Gasteiger partial charge in [-0.2, -0.15) is 13.2 Å². The predicted molar refractivity (Wildman–Crippen MR) is 155 cm³/mol. The second kappa shape index (κ2) is 12.4. The maximum atomic E-state index is 13.9. The molecule has 11 heteroatoms. The van der Waals surface area contributed by atoms with Crippen LogP contribution in [0.25, 0.3) is 16.6 Å². The molecule has 3 heterocycles. The van der Waals surface area contributed by atoms with E-state index in [0.717, 1.165) is 11.6 Å². The molecule has 8 nitrogen and oxygen atoms in total. The van der Waals surface area contributed by atoms with Gasteiger partial charge >= 0.3 is 6.18 Å². The van der Waals surface area contributed by atoms with Gasteiger partial charge in [-0.05, 0) is 74.0 Å². The van der Waals surface area contributed by atoms with Crippen molar-refractivity contribution in [3.8, 4) is 11.4 Å². The van der Waals surface area contributed by atoms with Crippen LogP contribution in [0.1, 0.15) is 42.5 Å². The molecule has 0 saturated carbocycles. The number of hydrogen-bond acceptors (Lipinski definition) is 6. The molecule has 43 heavy (non-hydrogen) atoms. The van der Waals surface area contributed by atoms with Crippen LogP contribution in [0.15, 0.2) is 96.2 Å². The van der Waals surface area contributed by atoms with E-state index in [0.29, 0.717) is 41.0 Å². The first kappa shape index (κ1) is 29.4. The van der Waals surface area contributed by atoms with Gasteiger partial charge in [0.15, 0.2) is 0 Å². The van der Waals surface area contributed by atoms with Crippen molar-refractivity contribution in [2.45, 2.75) is 39.0 Å². The van der Waals surface area contributed by atoms with Gasteiger partial charge < -0.3 is 9.64 Å². The first-order chi connectivity index (χ1) is 20.7. The Balaban J connectivity index is 1.59. The molecule has 0 radical (unpaired) electrons. The van der Waals surface area contributed by atoms with Crippen LogP contribution < -0.4 is 10.3 Å². The molecule has 0 spiro atoms. The number of aromatic nitrogens is 4. The summed E-state index contributed by atoms with van der Waals surface area (Å²) in [5, 5.41) is 0.409. The summed E-state index contributed by atoms with van der Waals surface area (Å²) in [5.74, 6) is 0.537. The molecule has 0 aliphatic heterocycles. The highest BCUT2D eigenvalue weighted by atomic mass is 19.4. The predicted octanol–water partition coefficient (Wildman–Crippen LogP) is 5.93. The van der Waals surface area contributed by atoms with E-state index in [1.165, 1.54) is 15.5 Å². The van der Waals surface area contributed by atoms with Gasteiger partial charge in [0, 0.05) is 30.8 Å². The van der Waals surface area contributed by atoms with Crippen LogP contribution in [0.3, 0.4) is 0 Å². The summed E-state index contributed by atoms with van der Waals surface area (Å²) < 4.78 is 46.2. The number of pyridine rings is 2. The molecule has 0 N–H and O–H groups in total. The first-order valence-corrected chi connectivity index (χ1v) is 13.6. The molecule has 5 rings (SSSR count). The zero-order valence-corrected chi connectivity index (χ0v) is 23.5. The molecule has 0 unspecified atom stereocenters. The van der Waals surface area contributed by atoms with Crippen LogP contribution >= 0.6 is 0 Å². The van der Waals surface area contributed by atoms with E-state index in [2.05, 4.69) is 9.97 Å². The highest BCUT2D eigenvalue weighted by Gasteiger charge is 2.31. The molecule has 0 aliphatic carbocycles. The van der Waals surface area contributed by atoms with Crippen LogP contribution in [0.2, 0.25) is 0 Å². The number of rotatable bonds is 9. The van der Waals surface area contributed by atoms with Crippen molar-refractivity contribution in [2.24, 2.45) is 0 Å². The highest BCUT2D eigenvalue weighted by Crippen LogP contribution is 2.29. The van der Waals surface area contributed by atoms with Gasteiger partial charge in [0.25, 0.3) is 5.56 Å². The zero-order valence-electron chi connectivity index (χ0n) is 23.5. The van der Waals surface area contributed by atoms with Gasteiger partial charge in [-0.15, -0.1) is 0 Å². The number of amides is 1. The number of carbonyl (C=O) groups is 1. The molecule has 1 atom stereocenters. The monoisotopic (exact) mass is 587 g/mol. The Labute approximate surface area is 245 Å². The van der Waals surface area contributed by atoms with E-state index < -0.39 is 23.7 Å².